The summed E-state index contributed by atoms with van der Waals surface area (Å²) in [5.41, 5.74) is 1.56. The number of hydrogen-bond acceptors (Lipinski definition) is 3. The van der Waals surface area contributed by atoms with Crippen LogP contribution in [0.3, 0.4) is 0 Å². The molecule has 1 aromatic heterocycles. The summed E-state index contributed by atoms with van der Waals surface area (Å²) in [5.74, 6) is 0.599. The van der Waals surface area contributed by atoms with E-state index in [4.69, 9.17) is 4.74 Å². The summed E-state index contributed by atoms with van der Waals surface area (Å²) in [5, 5.41) is 2.84. The second-order valence-corrected chi connectivity index (χ2v) is 4.79. The standard InChI is InChI=1S/C14H13BrN2O2/c1-19-11-4-5-12(15)13(8-11)17-14(18)7-10-3-2-6-16-9-10/h2-6,8-9H,7H2,1H3,(H,17,18). The summed E-state index contributed by atoms with van der Waals surface area (Å²) in [6.07, 6.45) is 3.65. The van der Waals surface area contributed by atoms with Gasteiger partial charge >= 0.3 is 0 Å². The fourth-order valence-corrected chi connectivity index (χ4v) is 1.96. The molecule has 5 heteroatoms. The molecule has 1 aromatic carbocycles. The molecule has 0 fully saturated rings. The molecule has 2 aromatic rings. The largest absolute Gasteiger partial charge is 0.497 e. The number of nitrogens with zero attached hydrogens (tertiary/aromatic N) is 1. The Morgan fingerprint density at radius 2 is 2.26 bits per heavy atom. The summed E-state index contributed by atoms with van der Waals surface area (Å²) in [6.45, 7) is 0. The van der Waals surface area contributed by atoms with Crippen LogP contribution in [0.25, 0.3) is 0 Å². The minimum absolute atomic E-state index is 0.0954. The first-order valence-electron chi connectivity index (χ1n) is 5.71. The molecule has 0 radical (unpaired) electrons. The molecule has 0 aliphatic heterocycles. The zero-order valence-electron chi connectivity index (χ0n) is 10.4. The number of pyridine rings is 1. The van der Waals surface area contributed by atoms with Gasteiger partial charge in [-0.3, -0.25) is 9.78 Å². The second-order valence-electron chi connectivity index (χ2n) is 3.93. The third-order valence-corrected chi connectivity index (χ3v) is 3.23. The van der Waals surface area contributed by atoms with Gasteiger partial charge in [0.25, 0.3) is 0 Å². The van der Waals surface area contributed by atoms with Crippen molar-refractivity contribution >= 4 is 27.5 Å². The summed E-state index contributed by atoms with van der Waals surface area (Å²) in [6, 6.07) is 9.10. The lowest BCUT2D eigenvalue weighted by Gasteiger charge is -2.09. The Morgan fingerprint density at radius 3 is 2.95 bits per heavy atom. The van der Waals surface area contributed by atoms with Crippen LogP contribution in [0.2, 0.25) is 0 Å². The molecular formula is C14H13BrN2O2. The molecule has 0 unspecified atom stereocenters. The van der Waals surface area contributed by atoms with Crippen LogP contribution >= 0.6 is 15.9 Å². The van der Waals surface area contributed by atoms with Gasteiger partial charge in [-0.1, -0.05) is 6.07 Å². The van der Waals surface area contributed by atoms with Gasteiger partial charge in [0.05, 0.1) is 19.2 Å². The highest BCUT2D eigenvalue weighted by atomic mass is 79.9. The normalized spacial score (nSPS) is 10.0. The van der Waals surface area contributed by atoms with Crippen molar-refractivity contribution in [1.82, 2.24) is 4.98 Å². The Bertz CT molecular complexity index is 573. The maximum absolute atomic E-state index is 11.9. The van der Waals surface area contributed by atoms with Crippen LogP contribution in [0.5, 0.6) is 5.75 Å². The van der Waals surface area contributed by atoms with Crippen molar-refractivity contribution in [1.29, 1.82) is 0 Å². The van der Waals surface area contributed by atoms with E-state index in [9.17, 15) is 4.79 Å². The number of ether oxygens (including phenoxy) is 1. The van der Waals surface area contributed by atoms with Crippen LogP contribution in [0.4, 0.5) is 5.69 Å². The highest BCUT2D eigenvalue weighted by Crippen LogP contribution is 2.27. The van der Waals surface area contributed by atoms with Crippen LogP contribution in [0.15, 0.2) is 47.2 Å². The van der Waals surface area contributed by atoms with Crippen LogP contribution in [-0.2, 0) is 11.2 Å². The molecule has 4 nitrogen and oxygen atoms in total. The fraction of sp³-hybridized carbons (Fsp3) is 0.143. The summed E-state index contributed by atoms with van der Waals surface area (Å²) in [4.78, 5) is 15.9. The first-order valence-corrected chi connectivity index (χ1v) is 6.50. The number of amides is 1. The van der Waals surface area contributed by atoms with E-state index in [2.05, 4.69) is 26.2 Å². The lowest BCUT2D eigenvalue weighted by molar-refractivity contribution is -0.115. The third-order valence-electron chi connectivity index (χ3n) is 2.54. The number of carbonyl (C=O) groups excluding carboxylic acids is 1. The van der Waals surface area contributed by atoms with Gasteiger partial charge in [0.2, 0.25) is 5.91 Å². The van der Waals surface area contributed by atoms with E-state index in [1.54, 1.807) is 25.6 Å². The van der Waals surface area contributed by atoms with Gasteiger partial charge in [-0.2, -0.15) is 0 Å². The molecule has 1 heterocycles. The van der Waals surface area contributed by atoms with E-state index in [-0.39, 0.29) is 12.3 Å². The van der Waals surface area contributed by atoms with Crippen molar-refractivity contribution in [3.8, 4) is 5.75 Å². The monoisotopic (exact) mass is 320 g/mol. The van der Waals surface area contributed by atoms with Gasteiger partial charge in [0.1, 0.15) is 5.75 Å². The number of benzene rings is 1. The Morgan fingerprint density at radius 1 is 1.42 bits per heavy atom. The number of aromatic nitrogens is 1. The minimum atomic E-state index is -0.0954. The first kappa shape index (κ1) is 13.5. The zero-order chi connectivity index (χ0) is 13.7. The van der Waals surface area contributed by atoms with E-state index in [0.717, 1.165) is 10.0 Å². The Balaban J connectivity index is 2.06. The molecule has 19 heavy (non-hydrogen) atoms. The van der Waals surface area contributed by atoms with Crippen molar-refractivity contribution < 1.29 is 9.53 Å². The lowest BCUT2D eigenvalue weighted by atomic mass is 10.2. The molecule has 1 N–H and O–H groups in total. The Hall–Kier alpha value is -1.88. The molecule has 0 bridgehead atoms. The topological polar surface area (TPSA) is 51.2 Å². The van der Waals surface area contributed by atoms with Crippen LogP contribution in [0.1, 0.15) is 5.56 Å². The van der Waals surface area contributed by atoms with Gasteiger partial charge in [-0.25, -0.2) is 0 Å². The number of halogens is 1. The molecule has 2 rings (SSSR count). The van der Waals surface area contributed by atoms with Crippen molar-refractivity contribution in [3.05, 3.63) is 52.8 Å². The third kappa shape index (κ3) is 3.79. The number of anilines is 1. The molecule has 0 spiro atoms. The average molecular weight is 321 g/mol. The quantitative estimate of drug-likeness (QED) is 0.942. The van der Waals surface area contributed by atoms with Crippen LogP contribution in [0, 0.1) is 0 Å². The van der Waals surface area contributed by atoms with Crippen molar-refractivity contribution in [3.63, 3.8) is 0 Å². The SMILES string of the molecule is COc1ccc(Br)c(NC(=O)Cc2cccnc2)c1. The van der Waals surface area contributed by atoms with Gasteiger partial charge in [-0.05, 0) is 39.7 Å². The minimum Gasteiger partial charge on any atom is -0.497 e. The Labute approximate surface area is 119 Å². The van der Waals surface area contributed by atoms with Gasteiger partial charge in [0.15, 0.2) is 0 Å². The first-order chi connectivity index (χ1) is 9.19. The maximum atomic E-state index is 11.9. The van der Waals surface area contributed by atoms with Gasteiger partial charge in [-0.15, -0.1) is 0 Å². The fourth-order valence-electron chi connectivity index (χ4n) is 1.61. The highest BCUT2D eigenvalue weighted by Gasteiger charge is 2.08. The van der Waals surface area contributed by atoms with E-state index < -0.39 is 0 Å². The molecule has 1 amide bonds. The predicted octanol–water partition coefficient (Wildman–Crippen LogP) is 3.03. The summed E-state index contributed by atoms with van der Waals surface area (Å²) >= 11 is 3.39. The van der Waals surface area contributed by atoms with Crippen molar-refractivity contribution in [2.24, 2.45) is 0 Å². The zero-order valence-corrected chi connectivity index (χ0v) is 12.0. The highest BCUT2D eigenvalue weighted by molar-refractivity contribution is 9.10. The van der Waals surface area contributed by atoms with Gasteiger partial charge < -0.3 is 10.1 Å². The summed E-state index contributed by atoms with van der Waals surface area (Å²) < 4.78 is 5.94. The van der Waals surface area contributed by atoms with E-state index in [1.165, 1.54) is 0 Å². The molecule has 0 saturated carbocycles. The van der Waals surface area contributed by atoms with E-state index in [0.29, 0.717) is 11.4 Å². The molecule has 0 aliphatic carbocycles. The predicted molar refractivity (Wildman–Crippen MR) is 77.3 cm³/mol. The molecule has 0 saturated heterocycles. The Kier molecular flexibility index (Phi) is 4.52. The lowest BCUT2D eigenvalue weighted by Crippen LogP contribution is -2.14. The number of hydrogen-bond donors (Lipinski definition) is 1. The van der Waals surface area contributed by atoms with Crippen molar-refractivity contribution in [2.45, 2.75) is 6.42 Å². The molecule has 98 valence electrons. The van der Waals surface area contributed by atoms with E-state index >= 15 is 0 Å². The maximum Gasteiger partial charge on any atom is 0.228 e. The number of nitrogens with one attached hydrogen (secondary N) is 1. The van der Waals surface area contributed by atoms with E-state index in [1.807, 2.05) is 24.3 Å². The number of methoxy groups -OCH3 is 1. The average Bonchev–Trinajstić information content (AvgIpc) is 2.42. The number of carbonyl (C=O) groups is 1. The van der Waals surface area contributed by atoms with Crippen LogP contribution in [-0.4, -0.2) is 18.0 Å². The second kappa shape index (κ2) is 6.33. The van der Waals surface area contributed by atoms with Crippen molar-refractivity contribution in [2.75, 3.05) is 12.4 Å². The smallest absolute Gasteiger partial charge is 0.228 e. The molecule has 0 atom stereocenters. The molecular weight excluding hydrogens is 308 g/mol. The summed E-state index contributed by atoms with van der Waals surface area (Å²) in [7, 11) is 1.59. The molecule has 0 aliphatic rings. The van der Waals surface area contributed by atoms with Gasteiger partial charge in [0, 0.05) is 22.9 Å². The number of rotatable bonds is 4. The van der Waals surface area contributed by atoms with Crippen LogP contribution < -0.4 is 10.1 Å².